The van der Waals surface area contributed by atoms with Crippen LogP contribution in [0.1, 0.15) is 10.4 Å². The van der Waals surface area contributed by atoms with Crippen molar-refractivity contribution in [2.24, 2.45) is 11.8 Å². The Kier molecular flexibility index (Phi) is 3.92. The Bertz CT molecular complexity index is 559. The largest absolute Gasteiger partial charge is 0.349 e. The zero-order chi connectivity index (χ0) is 13.6. The minimum atomic E-state index is -0.781. The average Bonchev–Trinajstić information content (AvgIpc) is 2.81. The van der Waals surface area contributed by atoms with Crippen molar-refractivity contribution in [2.75, 3.05) is 13.1 Å². The third-order valence-electron chi connectivity index (χ3n) is 3.74. The Morgan fingerprint density at radius 1 is 1.35 bits per heavy atom. The average molecular weight is 302 g/mol. The van der Waals surface area contributed by atoms with Gasteiger partial charge in [0.15, 0.2) is 0 Å². The lowest BCUT2D eigenvalue weighted by Gasteiger charge is -2.07. The normalized spacial score (nSPS) is 26.4. The van der Waals surface area contributed by atoms with Gasteiger partial charge >= 0.3 is 0 Å². The number of nitro benzene ring substituents is 1. The van der Waals surface area contributed by atoms with Crippen molar-refractivity contribution in [3.05, 3.63) is 39.7 Å². The molecular formula is C12H13ClFN3O3. The first-order valence-electron chi connectivity index (χ1n) is 6.03. The predicted octanol–water partition coefficient (Wildman–Crippen LogP) is 1.10. The Hall–Kier alpha value is -1.73. The van der Waals surface area contributed by atoms with Crippen molar-refractivity contribution in [2.45, 2.75) is 6.04 Å². The summed E-state index contributed by atoms with van der Waals surface area (Å²) in [4.78, 5) is 21.8. The Morgan fingerprint density at radius 2 is 2.00 bits per heavy atom. The number of carbonyl (C=O) groups is 1. The molecule has 1 aliphatic carbocycles. The van der Waals surface area contributed by atoms with E-state index < -0.39 is 22.3 Å². The van der Waals surface area contributed by atoms with Crippen LogP contribution in [0.4, 0.5) is 10.1 Å². The van der Waals surface area contributed by atoms with Gasteiger partial charge in [0, 0.05) is 30.8 Å². The summed E-state index contributed by atoms with van der Waals surface area (Å²) in [6.07, 6.45) is 0. The van der Waals surface area contributed by atoms with Gasteiger partial charge < -0.3 is 10.6 Å². The molecule has 1 heterocycles. The van der Waals surface area contributed by atoms with Gasteiger partial charge in [0.2, 0.25) is 0 Å². The molecule has 1 aromatic rings. The van der Waals surface area contributed by atoms with E-state index in [4.69, 9.17) is 0 Å². The van der Waals surface area contributed by atoms with Gasteiger partial charge in [0.1, 0.15) is 5.82 Å². The molecule has 1 aliphatic heterocycles. The van der Waals surface area contributed by atoms with Gasteiger partial charge in [-0.05, 0) is 17.9 Å². The van der Waals surface area contributed by atoms with E-state index in [2.05, 4.69) is 10.6 Å². The first-order valence-corrected chi connectivity index (χ1v) is 6.03. The number of piperidine rings is 1. The fourth-order valence-corrected chi connectivity index (χ4v) is 2.68. The maximum atomic E-state index is 13.2. The van der Waals surface area contributed by atoms with Crippen LogP contribution < -0.4 is 10.6 Å². The van der Waals surface area contributed by atoms with Crippen molar-refractivity contribution < 1.29 is 14.1 Å². The molecule has 2 atom stereocenters. The molecule has 8 heteroatoms. The Morgan fingerprint density at radius 3 is 2.60 bits per heavy atom. The molecule has 0 bridgehead atoms. The highest BCUT2D eigenvalue weighted by molar-refractivity contribution is 5.95. The number of hydrogen-bond acceptors (Lipinski definition) is 4. The predicted molar refractivity (Wildman–Crippen MR) is 71.4 cm³/mol. The second kappa shape index (κ2) is 5.34. The van der Waals surface area contributed by atoms with Crippen LogP contribution in [0, 0.1) is 27.8 Å². The number of hydrogen-bond donors (Lipinski definition) is 2. The minimum absolute atomic E-state index is 0. The monoisotopic (exact) mass is 301 g/mol. The van der Waals surface area contributed by atoms with Crippen LogP contribution in [0.5, 0.6) is 0 Å². The van der Waals surface area contributed by atoms with Gasteiger partial charge in [-0.2, -0.15) is 0 Å². The molecule has 108 valence electrons. The highest BCUT2D eigenvalue weighted by atomic mass is 35.5. The van der Waals surface area contributed by atoms with E-state index >= 15 is 0 Å². The number of carbonyl (C=O) groups excluding carboxylic acids is 1. The summed E-state index contributed by atoms with van der Waals surface area (Å²) in [6.45, 7) is 1.75. The third kappa shape index (κ3) is 2.59. The summed E-state index contributed by atoms with van der Waals surface area (Å²) < 4.78 is 13.2. The number of nitro groups is 1. The number of nitrogens with one attached hydrogen (secondary N) is 2. The number of rotatable bonds is 3. The molecule has 20 heavy (non-hydrogen) atoms. The van der Waals surface area contributed by atoms with Crippen molar-refractivity contribution in [3.63, 3.8) is 0 Å². The summed E-state index contributed by atoms with van der Waals surface area (Å²) in [7, 11) is 0. The van der Waals surface area contributed by atoms with Crippen LogP contribution in [0.15, 0.2) is 18.2 Å². The molecule has 2 fully saturated rings. The molecule has 1 aromatic carbocycles. The number of benzene rings is 1. The number of fused-ring (bicyclic) bond motifs is 1. The van der Waals surface area contributed by atoms with Crippen LogP contribution in [-0.4, -0.2) is 30.0 Å². The smallest absolute Gasteiger partial charge is 0.273 e. The highest BCUT2D eigenvalue weighted by Gasteiger charge is 2.53. The van der Waals surface area contributed by atoms with Crippen LogP contribution >= 0.6 is 12.4 Å². The summed E-state index contributed by atoms with van der Waals surface area (Å²) in [5, 5.41) is 16.6. The molecule has 2 N–H and O–H groups in total. The Balaban J connectivity index is 0.00000147. The highest BCUT2D eigenvalue weighted by Crippen LogP contribution is 2.41. The number of halogens is 2. The van der Waals surface area contributed by atoms with E-state index in [1.54, 1.807) is 0 Å². The summed E-state index contributed by atoms with van der Waals surface area (Å²) in [6, 6.07) is 3.01. The molecular weight excluding hydrogens is 289 g/mol. The zero-order valence-corrected chi connectivity index (χ0v) is 11.2. The lowest BCUT2D eigenvalue weighted by Crippen LogP contribution is -2.32. The second-order valence-corrected chi connectivity index (χ2v) is 4.94. The maximum absolute atomic E-state index is 13.2. The van der Waals surface area contributed by atoms with Crippen LogP contribution in [-0.2, 0) is 0 Å². The minimum Gasteiger partial charge on any atom is -0.349 e. The third-order valence-corrected chi connectivity index (χ3v) is 3.74. The van der Waals surface area contributed by atoms with E-state index in [-0.39, 0.29) is 24.0 Å². The summed E-state index contributed by atoms with van der Waals surface area (Å²) in [5.74, 6) is -0.362. The summed E-state index contributed by atoms with van der Waals surface area (Å²) >= 11 is 0. The fraction of sp³-hybridized carbons (Fsp3) is 0.417. The van der Waals surface area contributed by atoms with Crippen LogP contribution in [0.25, 0.3) is 0 Å². The van der Waals surface area contributed by atoms with Gasteiger partial charge in [-0.1, -0.05) is 0 Å². The molecule has 6 nitrogen and oxygen atoms in total. The molecule has 1 saturated carbocycles. The van der Waals surface area contributed by atoms with Gasteiger partial charge in [0.05, 0.1) is 11.0 Å². The zero-order valence-electron chi connectivity index (χ0n) is 10.3. The number of nitrogens with zero attached hydrogens (tertiary/aromatic N) is 1. The first kappa shape index (κ1) is 14.7. The molecule has 0 spiro atoms. The standard InChI is InChI=1S/C12H12FN3O3.ClH/c13-7-1-6(2-8(3-7)16(18)19)12(17)15-11-9-4-14-5-10(9)11;/h1-3,9-11,14H,4-5H2,(H,15,17);1H. The number of non-ortho nitro benzene ring substituents is 1. The van der Waals surface area contributed by atoms with Gasteiger partial charge in [-0.15, -0.1) is 12.4 Å². The van der Waals surface area contributed by atoms with Crippen molar-refractivity contribution in [1.82, 2.24) is 10.6 Å². The molecule has 2 unspecified atom stereocenters. The maximum Gasteiger partial charge on any atom is 0.273 e. The topological polar surface area (TPSA) is 84.3 Å². The lowest BCUT2D eigenvalue weighted by molar-refractivity contribution is -0.385. The van der Waals surface area contributed by atoms with Crippen LogP contribution in [0.3, 0.4) is 0 Å². The van der Waals surface area contributed by atoms with Crippen molar-refractivity contribution in [3.8, 4) is 0 Å². The molecule has 1 saturated heterocycles. The van der Waals surface area contributed by atoms with E-state index in [0.29, 0.717) is 11.8 Å². The second-order valence-electron chi connectivity index (χ2n) is 4.94. The van der Waals surface area contributed by atoms with E-state index in [0.717, 1.165) is 31.3 Å². The fourth-order valence-electron chi connectivity index (χ4n) is 2.68. The first-order chi connectivity index (χ1) is 9.06. The van der Waals surface area contributed by atoms with Crippen molar-refractivity contribution >= 4 is 24.0 Å². The molecule has 0 aromatic heterocycles. The van der Waals surface area contributed by atoms with Crippen LogP contribution in [0.2, 0.25) is 0 Å². The Labute approximate surface area is 120 Å². The van der Waals surface area contributed by atoms with E-state index in [9.17, 15) is 19.3 Å². The van der Waals surface area contributed by atoms with Gasteiger partial charge in [-0.25, -0.2) is 4.39 Å². The molecule has 3 rings (SSSR count). The van der Waals surface area contributed by atoms with Gasteiger partial charge in [-0.3, -0.25) is 14.9 Å². The number of amides is 1. The summed E-state index contributed by atoms with van der Waals surface area (Å²) in [5.41, 5.74) is -0.424. The molecule has 0 radical (unpaired) electrons. The quantitative estimate of drug-likeness (QED) is 0.647. The SMILES string of the molecule is Cl.O=C(NC1C2CNCC21)c1cc(F)cc([N+](=O)[O-])c1. The molecule has 2 aliphatic rings. The van der Waals surface area contributed by atoms with E-state index in [1.807, 2.05) is 0 Å². The lowest BCUT2D eigenvalue weighted by atomic mass is 10.2. The van der Waals surface area contributed by atoms with Gasteiger partial charge in [0.25, 0.3) is 11.6 Å². The van der Waals surface area contributed by atoms with E-state index in [1.165, 1.54) is 0 Å². The molecule has 1 amide bonds. The van der Waals surface area contributed by atoms with Crippen molar-refractivity contribution in [1.29, 1.82) is 0 Å².